The number of fused-ring (bicyclic) bond motifs is 5. The third-order valence-corrected chi connectivity index (χ3v) is 10.7. The van der Waals surface area contributed by atoms with E-state index in [4.69, 9.17) is 45.1 Å². The molecule has 7 heterocycles. The lowest BCUT2D eigenvalue weighted by atomic mass is 10.1. The number of nitrogens with zero attached hydrogens (tertiary/aromatic N) is 5. The number of aliphatic hydroxyl groups is 1. The molecule has 0 radical (unpaired) electrons. The summed E-state index contributed by atoms with van der Waals surface area (Å²) in [6, 6.07) is 4.76. The van der Waals surface area contributed by atoms with Crippen molar-refractivity contribution in [2.45, 2.75) is 49.4 Å². The molecule has 3 aliphatic rings. The van der Waals surface area contributed by atoms with Crippen molar-refractivity contribution in [3.05, 3.63) is 59.5 Å². The molecule has 230 valence electrons. The molecule has 0 amide bonds. The molecule has 7 rings (SSSR count). The van der Waals surface area contributed by atoms with Gasteiger partial charge in [0.15, 0.2) is 6.23 Å². The summed E-state index contributed by atoms with van der Waals surface area (Å²) < 4.78 is 53.1. The SMILES string of the molecule is Nc1ccnc2c1ccn2[C@H]1C[C@@H]2OP(O)(=S)OC[C@H]3O[C@@H](n4ccc(=O)n5ccnc45)[C@H](OP(=O)(S)OC[C@H]2O1)[C@@H]3O. The number of hydrogen-bond acceptors (Lipinski definition) is 13. The maximum atomic E-state index is 13.5. The summed E-state index contributed by atoms with van der Waals surface area (Å²) in [5.41, 5.74) is 6.85. The Kier molecular flexibility index (Phi) is 7.56. The van der Waals surface area contributed by atoms with E-state index in [1.807, 2.05) is 0 Å². The van der Waals surface area contributed by atoms with E-state index in [9.17, 15) is 19.4 Å². The maximum Gasteiger partial charge on any atom is 0.386 e. The van der Waals surface area contributed by atoms with Gasteiger partial charge in [-0.3, -0.25) is 22.8 Å². The standard InChI is InChI=1S/C23H26N6O10P2S2/c24-13-1-4-25-21-12(13)2-6-28(21)18-9-14-15(36-18)10-34-41(33,43)39-20-19(31)16(11-35-40(32,42)38-14)37-22(20)29-7-3-17(30)27-8-5-26-23(27)29/h1-8,14-16,18-20,22,31H,9-11H2,(H2,24,25)(H,32,42)(H,33,43)/t14-,15+,16+,18+,19+,20+,22+,40?,41?/m0/s1. The highest BCUT2D eigenvalue weighted by molar-refractivity contribution is 8.44. The van der Waals surface area contributed by atoms with E-state index in [2.05, 4.69) is 22.2 Å². The lowest BCUT2D eigenvalue weighted by Crippen LogP contribution is -2.35. The molecule has 9 atom stereocenters. The van der Waals surface area contributed by atoms with Gasteiger partial charge in [0.1, 0.15) is 36.3 Å². The fourth-order valence-corrected chi connectivity index (χ4v) is 8.44. The second-order valence-corrected chi connectivity index (χ2v) is 15.8. The molecule has 16 nitrogen and oxygen atoms in total. The molecule has 4 N–H and O–H groups in total. The van der Waals surface area contributed by atoms with Crippen LogP contribution in [0.4, 0.5) is 5.69 Å². The van der Waals surface area contributed by atoms with Gasteiger partial charge in [0, 0.05) is 54.5 Å². The minimum absolute atomic E-state index is 0.175. The Morgan fingerprint density at radius 2 is 1.79 bits per heavy atom. The molecule has 20 heteroatoms. The average molecular weight is 673 g/mol. The zero-order valence-corrected chi connectivity index (χ0v) is 25.5. The van der Waals surface area contributed by atoms with Crippen LogP contribution >= 0.6 is 25.8 Å². The lowest BCUT2D eigenvalue weighted by Gasteiger charge is -2.27. The molecule has 43 heavy (non-hydrogen) atoms. The van der Waals surface area contributed by atoms with Gasteiger partial charge < -0.3 is 38.8 Å². The zero-order valence-electron chi connectivity index (χ0n) is 22.0. The monoisotopic (exact) mass is 672 g/mol. The molecule has 4 aromatic heterocycles. The fraction of sp³-hybridized carbons (Fsp3) is 0.435. The van der Waals surface area contributed by atoms with E-state index in [0.717, 1.165) is 5.39 Å². The molecular weight excluding hydrogens is 646 g/mol. The first-order valence-corrected chi connectivity index (χ1v) is 18.3. The number of rotatable bonds is 2. The molecule has 0 saturated carbocycles. The van der Waals surface area contributed by atoms with Crippen molar-refractivity contribution in [1.82, 2.24) is 23.5 Å². The first-order chi connectivity index (χ1) is 20.5. The van der Waals surface area contributed by atoms with Gasteiger partial charge in [-0.2, -0.15) is 0 Å². The van der Waals surface area contributed by atoms with Crippen LogP contribution in [0.2, 0.25) is 0 Å². The highest BCUT2D eigenvalue weighted by atomic mass is 32.7. The highest BCUT2D eigenvalue weighted by Crippen LogP contribution is 2.58. The van der Waals surface area contributed by atoms with Crippen LogP contribution in [-0.4, -0.2) is 77.2 Å². The molecule has 3 fully saturated rings. The van der Waals surface area contributed by atoms with Gasteiger partial charge in [-0.1, -0.05) is 12.2 Å². The quantitative estimate of drug-likeness (QED) is 0.178. The summed E-state index contributed by atoms with van der Waals surface area (Å²) in [7, 11) is 0. The maximum absolute atomic E-state index is 13.5. The fourth-order valence-electron chi connectivity index (χ4n) is 5.51. The van der Waals surface area contributed by atoms with E-state index in [-0.39, 0.29) is 24.4 Å². The molecule has 2 bridgehead atoms. The average Bonchev–Trinajstić information content (AvgIpc) is 3.74. The number of hydrogen-bond donors (Lipinski definition) is 4. The van der Waals surface area contributed by atoms with E-state index in [1.54, 1.807) is 29.1 Å². The minimum Gasteiger partial charge on any atom is -0.398 e. The summed E-state index contributed by atoms with van der Waals surface area (Å²) in [5.74, 6) is 0.175. The van der Waals surface area contributed by atoms with Gasteiger partial charge in [-0.25, -0.2) is 14.5 Å². The lowest BCUT2D eigenvalue weighted by molar-refractivity contribution is -0.0585. The van der Waals surface area contributed by atoms with Gasteiger partial charge in [-0.15, -0.1) is 0 Å². The van der Waals surface area contributed by atoms with Crippen molar-refractivity contribution in [3.8, 4) is 0 Å². The Hall–Kier alpha value is -2.18. The molecule has 0 spiro atoms. The summed E-state index contributed by atoms with van der Waals surface area (Å²) in [6.45, 7) is -8.87. The smallest absolute Gasteiger partial charge is 0.386 e. The van der Waals surface area contributed by atoms with E-state index in [0.29, 0.717) is 11.3 Å². The molecule has 2 unspecified atom stereocenters. The number of nitrogen functional groups attached to an aromatic ring is 1. The van der Waals surface area contributed by atoms with E-state index in [1.165, 1.54) is 33.6 Å². The first-order valence-electron chi connectivity index (χ1n) is 13.1. The van der Waals surface area contributed by atoms with Crippen molar-refractivity contribution >= 4 is 60.1 Å². The summed E-state index contributed by atoms with van der Waals surface area (Å²) in [4.78, 5) is 31.9. The Morgan fingerprint density at radius 1 is 1.00 bits per heavy atom. The number of aliphatic hydroxyl groups excluding tert-OH is 1. The minimum atomic E-state index is -4.20. The van der Waals surface area contributed by atoms with Gasteiger partial charge in [0.05, 0.1) is 19.3 Å². The summed E-state index contributed by atoms with van der Waals surface area (Å²) in [6.07, 6.45) is 0.418. The predicted octanol–water partition coefficient (Wildman–Crippen LogP) is 1.75. The first kappa shape index (κ1) is 29.5. The highest BCUT2D eigenvalue weighted by Gasteiger charge is 2.51. The van der Waals surface area contributed by atoms with Crippen LogP contribution in [-0.2, 0) is 43.9 Å². The molecular formula is C23H26N6O10P2S2. The molecule has 3 aliphatic heterocycles. The number of imidazole rings is 1. The van der Waals surface area contributed by atoms with Crippen LogP contribution in [0.3, 0.4) is 0 Å². The number of ether oxygens (including phenoxy) is 2. The number of aromatic nitrogens is 5. The third-order valence-electron chi connectivity index (χ3n) is 7.52. The van der Waals surface area contributed by atoms with Crippen molar-refractivity contribution in [3.63, 3.8) is 0 Å². The Bertz CT molecular complexity index is 1850. The summed E-state index contributed by atoms with van der Waals surface area (Å²) >= 11 is 9.46. The van der Waals surface area contributed by atoms with Crippen LogP contribution in [0.1, 0.15) is 18.9 Å². The molecule has 0 aliphatic carbocycles. The number of anilines is 1. The van der Waals surface area contributed by atoms with Crippen LogP contribution in [0, 0.1) is 0 Å². The van der Waals surface area contributed by atoms with Gasteiger partial charge in [-0.05, 0) is 23.9 Å². The van der Waals surface area contributed by atoms with Gasteiger partial charge >= 0.3 is 13.5 Å². The predicted molar refractivity (Wildman–Crippen MR) is 157 cm³/mol. The Labute approximate surface area is 253 Å². The topological polar surface area (TPSA) is 196 Å². The second-order valence-electron chi connectivity index (χ2n) is 10.2. The second kappa shape index (κ2) is 11.0. The summed E-state index contributed by atoms with van der Waals surface area (Å²) in [5, 5.41) is 11.9. The number of thiol groups is 1. The molecule has 3 saturated heterocycles. The van der Waals surface area contributed by atoms with Crippen molar-refractivity contribution < 1.29 is 42.1 Å². The van der Waals surface area contributed by atoms with Crippen molar-refractivity contribution in [2.75, 3.05) is 18.9 Å². The Balaban J connectivity index is 1.19. The van der Waals surface area contributed by atoms with Crippen LogP contribution < -0.4 is 11.3 Å². The van der Waals surface area contributed by atoms with Gasteiger partial charge in [0.25, 0.3) is 5.56 Å². The number of pyridine rings is 1. The van der Waals surface area contributed by atoms with Crippen LogP contribution in [0.5, 0.6) is 0 Å². The van der Waals surface area contributed by atoms with E-state index >= 15 is 0 Å². The van der Waals surface area contributed by atoms with Gasteiger partial charge in [0.2, 0.25) is 5.78 Å². The van der Waals surface area contributed by atoms with Crippen molar-refractivity contribution in [1.29, 1.82) is 0 Å². The van der Waals surface area contributed by atoms with Crippen LogP contribution in [0.15, 0.2) is 54.0 Å². The van der Waals surface area contributed by atoms with Crippen LogP contribution in [0.25, 0.3) is 16.8 Å². The Morgan fingerprint density at radius 3 is 2.63 bits per heavy atom. The molecule has 0 aromatic carbocycles. The van der Waals surface area contributed by atoms with E-state index < -0.39 is 63.1 Å². The molecule has 4 aromatic rings. The largest absolute Gasteiger partial charge is 0.398 e. The number of nitrogens with two attached hydrogens (primary N) is 1. The zero-order chi connectivity index (χ0) is 30.1. The normalized spacial score (nSPS) is 37.1. The van der Waals surface area contributed by atoms with Crippen molar-refractivity contribution in [2.24, 2.45) is 0 Å². The third kappa shape index (κ3) is 5.49.